The number of imidazole rings is 1. The molecule has 3 heteroatoms. The van der Waals surface area contributed by atoms with E-state index < -0.39 is 0 Å². The lowest BCUT2D eigenvalue weighted by Gasteiger charge is -2.33. The monoisotopic (exact) mass is 326 g/mol. The molecule has 19 heavy (non-hydrogen) atoms. The number of aromatic nitrogens is 2. The van der Waals surface area contributed by atoms with E-state index in [0.717, 1.165) is 11.9 Å². The second kappa shape index (κ2) is 6.92. The fourth-order valence-electron chi connectivity index (χ4n) is 3.55. The minimum absolute atomic E-state index is 0.412. The van der Waals surface area contributed by atoms with Crippen molar-refractivity contribution < 1.29 is 0 Å². The summed E-state index contributed by atoms with van der Waals surface area (Å²) < 4.78 is 2.46. The van der Waals surface area contributed by atoms with Crippen molar-refractivity contribution in [3.8, 4) is 0 Å². The molecule has 0 atom stereocenters. The lowest BCUT2D eigenvalue weighted by Crippen LogP contribution is -2.29. The van der Waals surface area contributed by atoms with E-state index in [1.807, 2.05) is 0 Å². The molecule has 0 amide bonds. The van der Waals surface area contributed by atoms with Gasteiger partial charge < -0.3 is 4.57 Å². The number of hydrogen-bond acceptors (Lipinski definition) is 1. The molecule has 0 fully saturated rings. The van der Waals surface area contributed by atoms with E-state index in [4.69, 9.17) is 0 Å². The van der Waals surface area contributed by atoms with Gasteiger partial charge in [0.25, 0.3) is 0 Å². The summed E-state index contributed by atoms with van der Waals surface area (Å²) in [5, 5.41) is 1.11. The Morgan fingerprint density at radius 3 is 2.53 bits per heavy atom. The Kier molecular flexibility index (Phi) is 5.49. The van der Waals surface area contributed by atoms with Gasteiger partial charge in [-0.05, 0) is 43.9 Å². The Morgan fingerprint density at radius 2 is 1.89 bits per heavy atom. The van der Waals surface area contributed by atoms with Gasteiger partial charge in [0.2, 0.25) is 0 Å². The second-order valence-electron chi connectivity index (χ2n) is 6.11. The average Bonchev–Trinajstić information content (AvgIpc) is 2.83. The molecule has 0 unspecified atom stereocenters. The van der Waals surface area contributed by atoms with Crippen molar-refractivity contribution in [2.24, 2.45) is 5.41 Å². The molecule has 1 aliphatic carbocycles. The first-order valence-electron chi connectivity index (χ1n) is 7.83. The van der Waals surface area contributed by atoms with E-state index >= 15 is 0 Å². The lowest BCUT2D eigenvalue weighted by molar-refractivity contribution is 0.230. The highest BCUT2D eigenvalue weighted by Gasteiger charge is 2.29. The van der Waals surface area contributed by atoms with E-state index in [9.17, 15) is 0 Å². The summed E-state index contributed by atoms with van der Waals surface area (Å²) >= 11 is 3.78. The Labute approximate surface area is 126 Å². The van der Waals surface area contributed by atoms with Crippen LogP contribution >= 0.6 is 15.9 Å². The number of alkyl halides is 1. The fraction of sp³-hybridized carbons (Fsp3) is 0.812. The number of aryl methyl sites for hydroxylation is 1. The molecule has 0 saturated heterocycles. The van der Waals surface area contributed by atoms with Gasteiger partial charge in [-0.2, -0.15) is 0 Å². The van der Waals surface area contributed by atoms with Crippen LogP contribution in [0.25, 0.3) is 0 Å². The number of halogens is 1. The highest BCUT2D eigenvalue weighted by Crippen LogP contribution is 2.35. The van der Waals surface area contributed by atoms with Crippen LogP contribution in [0.15, 0.2) is 6.33 Å². The minimum atomic E-state index is 0.412. The summed E-state index contributed by atoms with van der Waals surface area (Å²) in [5.41, 5.74) is 3.29. The van der Waals surface area contributed by atoms with Gasteiger partial charge >= 0.3 is 0 Å². The minimum Gasteiger partial charge on any atom is -0.334 e. The molecule has 1 aliphatic rings. The van der Waals surface area contributed by atoms with Crippen LogP contribution in [0.2, 0.25) is 0 Å². The molecule has 0 aliphatic heterocycles. The van der Waals surface area contributed by atoms with E-state index in [1.165, 1.54) is 62.8 Å². The quantitative estimate of drug-likeness (QED) is 0.661. The summed E-state index contributed by atoms with van der Waals surface area (Å²) in [6.45, 7) is 5.75. The van der Waals surface area contributed by atoms with Gasteiger partial charge in [-0.3, -0.25) is 0 Å². The van der Waals surface area contributed by atoms with Crippen LogP contribution in [0.3, 0.4) is 0 Å². The Hall–Kier alpha value is -0.310. The van der Waals surface area contributed by atoms with Crippen molar-refractivity contribution in [3.05, 3.63) is 17.7 Å². The molecule has 0 saturated carbocycles. The van der Waals surface area contributed by atoms with Crippen LogP contribution in [0, 0.1) is 5.41 Å². The van der Waals surface area contributed by atoms with Crippen molar-refractivity contribution >= 4 is 15.9 Å². The van der Waals surface area contributed by atoms with Crippen LogP contribution < -0.4 is 0 Å². The van der Waals surface area contributed by atoms with Crippen molar-refractivity contribution in [1.82, 2.24) is 9.55 Å². The molecule has 2 rings (SSSR count). The highest BCUT2D eigenvalue weighted by atomic mass is 79.9. The van der Waals surface area contributed by atoms with Crippen LogP contribution in [-0.4, -0.2) is 14.9 Å². The molecule has 108 valence electrons. The standard InChI is InChI=1S/C16H27BrN2/c1-3-9-16(11-17,10-4-2)12-19-13-18-14-7-5-6-8-15(14)19/h13H,3-12H2,1-2H3. The number of hydrogen-bond donors (Lipinski definition) is 0. The van der Waals surface area contributed by atoms with Crippen molar-refractivity contribution in [3.63, 3.8) is 0 Å². The van der Waals surface area contributed by atoms with Gasteiger partial charge in [0, 0.05) is 17.6 Å². The third-order valence-electron chi connectivity index (χ3n) is 4.46. The number of nitrogens with zero attached hydrogens (tertiary/aromatic N) is 2. The van der Waals surface area contributed by atoms with Gasteiger partial charge in [0.15, 0.2) is 0 Å². The Balaban J connectivity index is 2.18. The molecule has 1 aromatic heterocycles. The molecule has 0 spiro atoms. The molecule has 0 aromatic carbocycles. The zero-order valence-electron chi connectivity index (χ0n) is 12.4. The number of fused-ring (bicyclic) bond motifs is 1. The first-order chi connectivity index (χ1) is 9.24. The zero-order valence-corrected chi connectivity index (χ0v) is 14.0. The van der Waals surface area contributed by atoms with Gasteiger partial charge in [-0.25, -0.2) is 4.98 Å². The average molecular weight is 327 g/mol. The largest absolute Gasteiger partial charge is 0.334 e. The summed E-state index contributed by atoms with van der Waals surface area (Å²) in [4.78, 5) is 4.64. The molecular formula is C16H27BrN2. The molecular weight excluding hydrogens is 300 g/mol. The van der Waals surface area contributed by atoms with Gasteiger partial charge in [-0.15, -0.1) is 0 Å². The van der Waals surface area contributed by atoms with Gasteiger partial charge in [-0.1, -0.05) is 42.6 Å². The van der Waals surface area contributed by atoms with E-state index in [-0.39, 0.29) is 0 Å². The van der Waals surface area contributed by atoms with Gasteiger partial charge in [0.1, 0.15) is 0 Å². The molecule has 0 bridgehead atoms. The maximum absolute atomic E-state index is 4.64. The van der Waals surface area contributed by atoms with Crippen LogP contribution in [-0.2, 0) is 19.4 Å². The lowest BCUT2D eigenvalue weighted by atomic mass is 9.81. The summed E-state index contributed by atoms with van der Waals surface area (Å²) in [6, 6.07) is 0. The summed E-state index contributed by atoms with van der Waals surface area (Å²) in [5.74, 6) is 0. The normalized spacial score (nSPS) is 15.5. The Morgan fingerprint density at radius 1 is 1.21 bits per heavy atom. The summed E-state index contributed by atoms with van der Waals surface area (Å²) in [6.07, 6.45) is 12.3. The Bertz CT molecular complexity index is 391. The van der Waals surface area contributed by atoms with E-state index in [2.05, 4.69) is 45.7 Å². The molecule has 2 nitrogen and oxygen atoms in total. The fourth-order valence-corrected chi connectivity index (χ4v) is 4.29. The van der Waals surface area contributed by atoms with E-state index in [0.29, 0.717) is 5.41 Å². The maximum Gasteiger partial charge on any atom is 0.0951 e. The van der Waals surface area contributed by atoms with Crippen LogP contribution in [0.4, 0.5) is 0 Å². The third-order valence-corrected chi connectivity index (χ3v) is 5.65. The third kappa shape index (κ3) is 3.42. The highest BCUT2D eigenvalue weighted by molar-refractivity contribution is 9.09. The summed E-state index contributed by atoms with van der Waals surface area (Å²) in [7, 11) is 0. The second-order valence-corrected chi connectivity index (χ2v) is 6.67. The molecule has 1 aromatic rings. The van der Waals surface area contributed by atoms with Crippen LogP contribution in [0.1, 0.15) is 63.8 Å². The van der Waals surface area contributed by atoms with Crippen molar-refractivity contribution in [1.29, 1.82) is 0 Å². The first kappa shape index (κ1) is 15.1. The van der Waals surface area contributed by atoms with Crippen molar-refractivity contribution in [2.75, 3.05) is 5.33 Å². The van der Waals surface area contributed by atoms with E-state index in [1.54, 1.807) is 0 Å². The predicted molar refractivity (Wildman–Crippen MR) is 84.9 cm³/mol. The van der Waals surface area contributed by atoms with Crippen molar-refractivity contribution in [2.45, 2.75) is 71.8 Å². The SMILES string of the molecule is CCCC(CBr)(CCC)Cn1cnc2c1CCCC2. The smallest absolute Gasteiger partial charge is 0.0951 e. The zero-order chi connectivity index (χ0) is 13.7. The maximum atomic E-state index is 4.64. The molecule has 0 radical (unpaired) electrons. The topological polar surface area (TPSA) is 17.8 Å². The van der Waals surface area contributed by atoms with Gasteiger partial charge in [0.05, 0.1) is 12.0 Å². The molecule has 0 N–H and O–H groups in total. The van der Waals surface area contributed by atoms with Crippen LogP contribution in [0.5, 0.6) is 0 Å². The number of rotatable bonds is 7. The first-order valence-corrected chi connectivity index (χ1v) is 8.95. The molecule has 1 heterocycles. The predicted octanol–water partition coefficient (Wildman–Crippen LogP) is 4.74.